The van der Waals surface area contributed by atoms with Gasteiger partial charge in [0.2, 0.25) is 0 Å². The second-order valence-electron chi connectivity index (χ2n) is 6.58. The van der Waals surface area contributed by atoms with Crippen LogP contribution in [0.5, 0.6) is 11.5 Å². The molecule has 1 unspecified atom stereocenters. The monoisotopic (exact) mass is 364 g/mol. The Morgan fingerprint density at radius 1 is 1.15 bits per heavy atom. The lowest BCUT2D eigenvalue weighted by Gasteiger charge is -2.28. The molecule has 3 N–H and O–H groups in total. The van der Waals surface area contributed by atoms with E-state index in [1.165, 1.54) is 0 Å². The van der Waals surface area contributed by atoms with Crippen LogP contribution < -0.4 is 20.1 Å². The number of benzene rings is 1. The van der Waals surface area contributed by atoms with Crippen molar-refractivity contribution in [1.29, 1.82) is 0 Å². The number of aliphatic carboxylic acids is 1. The Bertz CT molecular complexity index is 626. The predicted molar refractivity (Wildman–Crippen MR) is 97.6 cm³/mol. The molecule has 0 radical (unpaired) electrons. The highest BCUT2D eigenvalue weighted by molar-refractivity contribution is 5.75. The van der Waals surface area contributed by atoms with Crippen LogP contribution in [-0.4, -0.2) is 37.4 Å². The first-order chi connectivity index (χ1) is 12.5. The molecule has 2 rings (SSSR count). The fraction of sp³-hybridized carbons (Fsp3) is 0.579. The molecule has 2 amide bonds. The fourth-order valence-corrected chi connectivity index (χ4v) is 3.36. The number of amides is 2. The highest BCUT2D eigenvalue weighted by Crippen LogP contribution is 2.31. The summed E-state index contributed by atoms with van der Waals surface area (Å²) in [5.74, 6) is 0.238. The number of urea groups is 1. The number of carboxylic acids is 1. The third-order valence-corrected chi connectivity index (χ3v) is 4.94. The van der Waals surface area contributed by atoms with Gasteiger partial charge in [0.1, 0.15) is 0 Å². The molecule has 7 heteroatoms. The maximum Gasteiger partial charge on any atom is 0.315 e. The summed E-state index contributed by atoms with van der Waals surface area (Å²) in [5.41, 5.74) is 0.940. The lowest BCUT2D eigenvalue weighted by molar-refractivity contribution is -0.142. The van der Waals surface area contributed by atoms with E-state index in [0.717, 1.165) is 12.0 Å². The Kier molecular flexibility index (Phi) is 7.12. The summed E-state index contributed by atoms with van der Waals surface area (Å²) >= 11 is 0. The topological polar surface area (TPSA) is 96.9 Å². The minimum atomic E-state index is -0.743. The van der Waals surface area contributed by atoms with Crippen LogP contribution in [0.1, 0.15) is 50.6 Å². The van der Waals surface area contributed by atoms with E-state index >= 15 is 0 Å². The molecule has 0 spiro atoms. The van der Waals surface area contributed by atoms with E-state index in [-0.39, 0.29) is 24.0 Å². The van der Waals surface area contributed by atoms with E-state index < -0.39 is 5.97 Å². The molecular formula is C19H28N2O5. The van der Waals surface area contributed by atoms with Crippen LogP contribution >= 0.6 is 0 Å². The van der Waals surface area contributed by atoms with Crippen molar-refractivity contribution >= 4 is 12.0 Å². The summed E-state index contributed by atoms with van der Waals surface area (Å²) in [6.45, 7) is 2.00. The Labute approximate surface area is 154 Å². The van der Waals surface area contributed by atoms with Crippen LogP contribution in [0, 0.1) is 5.92 Å². The molecule has 26 heavy (non-hydrogen) atoms. The van der Waals surface area contributed by atoms with Crippen LogP contribution in [0.4, 0.5) is 4.79 Å². The van der Waals surface area contributed by atoms with E-state index in [2.05, 4.69) is 10.6 Å². The molecule has 7 nitrogen and oxygen atoms in total. The van der Waals surface area contributed by atoms with Crippen molar-refractivity contribution in [1.82, 2.24) is 10.6 Å². The first-order valence-electron chi connectivity index (χ1n) is 9.00. The van der Waals surface area contributed by atoms with Crippen molar-refractivity contribution in [2.75, 3.05) is 14.2 Å². The molecule has 1 aromatic rings. The van der Waals surface area contributed by atoms with Crippen LogP contribution in [0.2, 0.25) is 0 Å². The van der Waals surface area contributed by atoms with Crippen molar-refractivity contribution in [3.05, 3.63) is 23.8 Å². The van der Waals surface area contributed by atoms with Gasteiger partial charge in [-0.05, 0) is 49.8 Å². The second kappa shape index (κ2) is 9.31. The van der Waals surface area contributed by atoms with Gasteiger partial charge in [0.25, 0.3) is 0 Å². The molecular weight excluding hydrogens is 336 g/mol. The Morgan fingerprint density at radius 2 is 1.81 bits per heavy atom. The molecule has 1 atom stereocenters. The second-order valence-corrected chi connectivity index (χ2v) is 6.58. The van der Waals surface area contributed by atoms with Gasteiger partial charge in [-0.3, -0.25) is 4.79 Å². The zero-order valence-electron chi connectivity index (χ0n) is 15.6. The zero-order chi connectivity index (χ0) is 19.1. The van der Waals surface area contributed by atoms with Crippen LogP contribution in [-0.2, 0) is 4.79 Å². The maximum absolute atomic E-state index is 12.4. The van der Waals surface area contributed by atoms with Gasteiger partial charge in [-0.2, -0.15) is 0 Å². The minimum Gasteiger partial charge on any atom is -0.493 e. The molecule has 0 heterocycles. The lowest BCUT2D eigenvalue weighted by Crippen LogP contribution is -2.45. The molecule has 1 aliphatic rings. The van der Waals surface area contributed by atoms with E-state index in [1.54, 1.807) is 14.2 Å². The molecule has 0 bridgehead atoms. The van der Waals surface area contributed by atoms with Gasteiger partial charge in [0.05, 0.1) is 26.2 Å². The van der Waals surface area contributed by atoms with E-state index in [0.29, 0.717) is 37.2 Å². The lowest BCUT2D eigenvalue weighted by atomic mass is 9.86. The molecule has 0 saturated heterocycles. The Balaban J connectivity index is 1.93. The average Bonchev–Trinajstić information content (AvgIpc) is 2.65. The zero-order valence-corrected chi connectivity index (χ0v) is 15.6. The number of carboxylic acid groups (broad SMARTS) is 1. The third kappa shape index (κ3) is 5.03. The summed E-state index contributed by atoms with van der Waals surface area (Å²) in [7, 11) is 3.16. The third-order valence-electron chi connectivity index (χ3n) is 4.94. The van der Waals surface area contributed by atoms with Gasteiger partial charge >= 0.3 is 12.0 Å². The largest absolute Gasteiger partial charge is 0.493 e. The number of carbonyl (C=O) groups is 2. The van der Waals surface area contributed by atoms with Crippen LogP contribution in [0.25, 0.3) is 0 Å². The number of hydrogen-bond acceptors (Lipinski definition) is 4. The van der Waals surface area contributed by atoms with Crippen molar-refractivity contribution < 1.29 is 24.2 Å². The number of ether oxygens (including phenoxy) is 2. The van der Waals surface area contributed by atoms with E-state index in [4.69, 9.17) is 14.6 Å². The van der Waals surface area contributed by atoms with Crippen molar-refractivity contribution in [2.45, 2.75) is 51.1 Å². The first kappa shape index (κ1) is 19.9. The molecule has 1 aromatic carbocycles. The van der Waals surface area contributed by atoms with Crippen molar-refractivity contribution in [2.24, 2.45) is 5.92 Å². The van der Waals surface area contributed by atoms with Gasteiger partial charge in [-0.25, -0.2) is 4.79 Å². The summed E-state index contributed by atoms with van der Waals surface area (Å²) in [5, 5.41) is 15.0. The SMILES string of the molecule is CCC(NC(=O)NC1CCC(C(=O)O)CC1)c1ccc(OC)c(OC)c1. The Hall–Kier alpha value is -2.44. The molecule has 1 fully saturated rings. The molecule has 1 aliphatic carbocycles. The van der Waals surface area contributed by atoms with Gasteiger partial charge in [-0.15, -0.1) is 0 Å². The predicted octanol–water partition coefficient (Wildman–Crippen LogP) is 3.10. The smallest absolute Gasteiger partial charge is 0.315 e. The number of carbonyl (C=O) groups excluding carboxylic acids is 1. The molecule has 0 aliphatic heterocycles. The first-order valence-corrected chi connectivity index (χ1v) is 9.00. The summed E-state index contributed by atoms with van der Waals surface area (Å²) in [6.07, 6.45) is 3.32. The number of rotatable bonds is 7. The van der Waals surface area contributed by atoms with Crippen LogP contribution in [0.3, 0.4) is 0 Å². The van der Waals surface area contributed by atoms with Gasteiger partial charge < -0.3 is 25.2 Å². The summed E-state index contributed by atoms with van der Waals surface area (Å²) < 4.78 is 10.6. The van der Waals surface area contributed by atoms with E-state index in [1.807, 2.05) is 25.1 Å². The Morgan fingerprint density at radius 3 is 2.35 bits per heavy atom. The highest BCUT2D eigenvalue weighted by Gasteiger charge is 2.27. The number of nitrogens with one attached hydrogen (secondary N) is 2. The standard InChI is InChI=1S/C19H28N2O5/c1-4-15(13-7-10-16(25-2)17(11-13)26-3)21-19(24)20-14-8-5-12(6-9-14)18(22)23/h7,10-12,14-15H,4-6,8-9H2,1-3H3,(H,22,23)(H2,20,21,24). The van der Waals surface area contributed by atoms with Gasteiger partial charge in [-0.1, -0.05) is 13.0 Å². The minimum absolute atomic E-state index is 0.0218. The van der Waals surface area contributed by atoms with Gasteiger partial charge in [0, 0.05) is 6.04 Å². The summed E-state index contributed by atoms with van der Waals surface area (Å²) in [6, 6.07) is 5.24. The quantitative estimate of drug-likeness (QED) is 0.691. The van der Waals surface area contributed by atoms with Gasteiger partial charge in [0.15, 0.2) is 11.5 Å². The van der Waals surface area contributed by atoms with Crippen LogP contribution in [0.15, 0.2) is 18.2 Å². The maximum atomic E-state index is 12.4. The number of hydrogen-bond donors (Lipinski definition) is 3. The summed E-state index contributed by atoms with van der Waals surface area (Å²) in [4.78, 5) is 23.4. The van der Waals surface area contributed by atoms with Crippen molar-refractivity contribution in [3.63, 3.8) is 0 Å². The number of methoxy groups -OCH3 is 2. The molecule has 0 aromatic heterocycles. The van der Waals surface area contributed by atoms with Crippen molar-refractivity contribution in [3.8, 4) is 11.5 Å². The highest BCUT2D eigenvalue weighted by atomic mass is 16.5. The molecule has 1 saturated carbocycles. The normalized spacial score (nSPS) is 20.7. The fourth-order valence-electron chi connectivity index (χ4n) is 3.36. The van der Waals surface area contributed by atoms with E-state index in [9.17, 15) is 9.59 Å². The molecule has 144 valence electrons. The average molecular weight is 364 g/mol.